The van der Waals surface area contributed by atoms with E-state index in [9.17, 15) is 14.9 Å². The number of anilines is 1. The van der Waals surface area contributed by atoms with Crippen molar-refractivity contribution in [2.45, 2.75) is 13.8 Å². The summed E-state index contributed by atoms with van der Waals surface area (Å²) in [5.41, 5.74) is 3.82. The first-order valence-corrected chi connectivity index (χ1v) is 11.6. The topological polar surface area (TPSA) is 88.8 Å². The Balaban J connectivity index is 1.59. The quantitative estimate of drug-likeness (QED) is 0.295. The number of carbonyl (C=O) groups excluding carboxylic acids is 1. The minimum atomic E-state index is -0.446. The Hall–Kier alpha value is -3.14. The van der Waals surface area contributed by atoms with Crippen LogP contribution in [-0.4, -0.2) is 60.1 Å². The lowest BCUT2D eigenvalue weighted by Crippen LogP contribution is -2.42. The summed E-state index contributed by atoms with van der Waals surface area (Å²) in [6.07, 6.45) is 3.07. The number of nitro groups is 1. The molecule has 1 fully saturated rings. The van der Waals surface area contributed by atoms with E-state index in [1.807, 2.05) is 6.07 Å². The number of amides is 1. The summed E-state index contributed by atoms with van der Waals surface area (Å²) >= 11 is 1.50. The highest BCUT2D eigenvalue weighted by molar-refractivity contribution is 7.22. The highest BCUT2D eigenvalue weighted by Gasteiger charge is 2.20. The van der Waals surface area contributed by atoms with E-state index in [-0.39, 0.29) is 11.6 Å². The number of ether oxygens (including phenoxy) is 1. The Kier molecular flexibility index (Phi) is 7.12. The van der Waals surface area contributed by atoms with Gasteiger partial charge in [0, 0.05) is 44.4 Å². The number of fused-ring (bicyclic) bond motifs is 1. The summed E-state index contributed by atoms with van der Waals surface area (Å²) < 4.78 is 6.46. The van der Waals surface area contributed by atoms with Crippen LogP contribution in [0.15, 0.2) is 42.5 Å². The number of nitro benzene ring substituents is 1. The van der Waals surface area contributed by atoms with Crippen LogP contribution in [0.3, 0.4) is 0 Å². The number of hydrogen-bond acceptors (Lipinski definition) is 7. The molecule has 0 N–H and O–H groups in total. The largest absolute Gasteiger partial charge is 0.379 e. The number of benzene rings is 2. The van der Waals surface area contributed by atoms with Gasteiger partial charge in [-0.1, -0.05) is 23.5 Å². The van der Waals surface area contributed by atoms with E-state index < -0.39 is 4.92 Å². The molecule has 2 heterocycles. The maximum absolute atomic E-state index is 13.2. The molecule has 2 aromatic carbocycles. The molecule has 33 heavy (non-hydrogen) atoms. The average molecular weight is 467 g/mol. The number of morpholine rings is 1. The molecule has 9 heteroatoms. The lowest BCUT2D eigenvalue weighted by Gasteiger charge is -2.28. The van der Waals surface area contributed by atoms with Gasteiger partial charge in [0.2, 0.25) is 0 Å². The van der Waals surface area contributed by atoms with E-state index in [1.54, 1.807) is 23.1 Å². The zero-order valence-electron chi connectivity index (χ0n) is 18.7. The van der Waals surface area contributed by atoms with Gasteiger partial charge < -0.3 is 4.74 Å². The molecule has 0 atom stereocenters. The normalized spacial score (nSPS) is 14.7. The van der Waals surface area contributed by atoms with Crippen molar-refractivity contribution in [2.75, 3.05) is 44.3 Å². The van der Waals surface area contributed by atoms with Gasteiger partial charge in [-0.3, -0.25) is 24.7 Å². The Bertz CT molecular complexity index is 1160. The number of nitrogens with zero attached hydrogens (tertiary/aromatic N) is 4. The van der Waals surface area contributed by atoms with Gasteiger partial charge in [0.1, 0.15) is 0 Å². The standard InChI is InChI=1S/C24H26N4O4S/c1-17-14-21-22(15-18(17)2)33-24(25-21)27(9-8-26-10-12-32-13-11-26)23(29)7-6-19-4-3-5-20(16-19)28(30)31/h3-7,14-16H,8-13H2,1-2H3/b7-6+. The summed E-state index contributed by atoms with van der Waals surface area (Å²) in [6.45, 7) is 8.39. The second-order valence-electron chi connectivity index (χ2n) is 8.03. The zero-order chi connectivity index (χ0) is 23.4. The van der Waals surface area contributed by atoms with E-state index in [0.29, 0.717) is 37.0 Å². The summed E-state index contributed by atoms with van der Waals surface area (Å²) in [6, 6.07) is 10.4. The molecule has 4 rings (SSSR count). The Labute approximate surface area is 196 Å². The van der Waals surface area contributed by atoms with Crippen LogP contribution in [0.5, 0.6) is 0 Å². The third-order valence-electron chi connectivity index (χ3n) is 5.73. The summed E-state index contributed by atoms with van der Waals surface area (Å²) in [7, 11) is 0. The maximum Gasteiger partial charge on any atom is 0.270 e. The minimum Gasteiger partial charge on any atom is -0.379 e. The zero-order valence-corrected chi connectivity index (χ0v) is 19.5. The van der Waals surface area contributed by atoms with Crippen LogP contribution in [0.25, 0.3) is 16.3 Å². The molecule has 1 aliphatic heterocycles. The van der Waals surface area contributed by atoms with Crippen molar-refractivity contribution in [3.63, 3.8) is 0 Å². The van der Waals surface area contributed by atoms with Crippen LogP contribution >= 0.6 is 11.3 Å². The van der Waals surface area contributed by atoms with Gasteiger partial charge in [-0.2, -0.15) is 0 Å². The molecular weight excluding hydrogens is 440 g/mol. The molecule has 1 saturated heterocycles. The van der Waals surface area contributed by atoms with Crippen LogP contribution in [0.2, 0.25) is 0 Å². The summed E-state index contributed by atoms with van der Waals surface area (Å²) in [5, 5.41) is 11.7. The van der Waals surface area contributed by atoms with Crippen molar-refractivity contribution >= 4 is 44.4 Å². The smallest absolute Gasteiger partial charge is 0.270 e. The van der Waals surface area contributed by atoms with E-state index in [0.717, 1.165) is 28.9 Å². The monoisotopic (exact) mass is 466 g/mol. The van der Waals surface area contributed by atoms with Crippen molar-refractivity contribution in [1.82, 2.24) is 9.88 Å². The molecule has 0 spiro atoms. The van der Waals surface area contributed by atoms with Crippen molar-refractivity contribution in [3.8, 4) is 0 Å². The molecular formula is C24H26N4O4S. The van der Waals surface area contributed by atoms with Gasteiger partial charge in [0.15, 0.2) is 5.13 Å². The Morgan fingerprint density at radius 3 is 2.76 bits per heavy atom. The molecule has 1 amide bonds. The predicted octanol–water partition coefficient (Wildman–Crippen LogP) is 4.20. The van der Waals surface area contributed by atoms with Gasteiger partial charge >= 0.3 is 0 Å². The molecule has 0 unspecified atom stereocenters. The molecule has 0 saturated carbocycles. The molecule has 0 bridgehead atoms. The van der Waals surface area contributed by atoms with E-state index in [4.69, 9.17) is 9.72 Å². The lowest BCUT2D eigenvalue weighted by atomic mass is 10.1. The summed E-state index contributed by atoms with van der Waals surface area (Å²) in [4.78, 5) is 32.6. The lowest BCUT2D eigenvalue weighted by molar-refractivity contribution is -0.384. The highest BCUT2D eigenvalue weighted by atomic mass is 32.1. The molecule has 172 valence electrons. The third kappa shape index (κ3) is 5.62. The Morgan fingerprint density at radius 2 is 2.00 bits per heavy atom. The number of hydrogen-bond donors (Lipinski definition) is 0. The molecule has 1 aromatic heterocycles. The van der Waals surface area contributed by atoms with E-state index in [2.05, 4.69) is 24.8 Å². The van der Waals surface area contributed by atoms with Crippen molar-refractivity contribution in [1.29, 1.82) is 0 Å². The maximum atomic E-state index is 13.2. The van der Waals surface area contributed by atoms with Gasteiger partial charge in [-0.15, -0.1) is 0 Å². The van der Waals surface area contributed by atoms with Crippen LogP contribution < -0.4 is 4.90 Å². The highest BCUT2D eigenvalue weighted by Crippen LogP contribution is 2.31. The summed E-state index contributed by atoms with van der Waals surface area (Å²) in [5.74, 6) is -0.206. The number of aryl methyl sites for hydroxylation is 2. The number of non-ortho nitro benzene ring substituents is 1. The van der Waals surface area contributed by atoms with Crippen LogP contribution in [0, 0.1) is 24.0 Å². The van der Waals surface area contributed by atoms with Gasteiger partial charge in [-0.25, -0.2) is 4.98 Å². The second kappa shape index (κ2) is 10.2. The van der Waals surface area contributed by atoms with Crippen molar-refractivity contribution in [3.05, 3.63) is 69.3 Å². The molecule has 0 radical (unpaired) electrons. The minimum absolute atomic E-state index is 0.00862. The van der Waals surface area contributed by atoms with E-state index >= 15 is 0 Å². The molecule has 3 aromatic rings. The average Bonchev–Trinajstić information content (AvgIpc) is 3.21. The molecule has 0 aliphatic carbocycles. The fourth-order valence-corrected chi connectivity index (χ4v) is 4.73. The number of rotatable bonds is 7. The van der Waals surface area contributed by atoms with Crippen molar-refractivity contribution in [2.24, 2.45) is 0 Å². The fourth-order valence-electron chi connectivity index (χ4n) is 3.65. The second-order valence-corrected chi connectivity index (χ2v) is 9.04. The van der Waals surface area contributed by atoms with Crippen LogP contribution in [0.1, 0.15) is 16.7 Å². The first kappa shape index (κ1) is 23.0. The Morgan fingerprint density at radius 1 is 1.24 bits per heavy atom. The van der Waals surface area contributed by atoms with Gasteiger partial charge in [0.05, 0.1) is 28.4 Å². The van der Waals surface area contributed by atoms with Crippen molar-refractivity contribution < 1.29 is 14.5 Å². The third-order valence-corrected chi connectivity index (χ3v) is 6.77. The first-order chi connectivity index (χ1) is 15.9. The van der Waals surface area contributed by atoms with E-state index in [1.165, 1.54) is 35.1 Å². The van der Waals surface area contributed by atoms with Gasteiger partial charge in [-0.05, 0) is 48.7 Å². The molecule has 8 nitrogen and oxygen atoms in total. The fraction of sp³-hybridized carbons (Fsp3) is 0.333. The number of thiazole rings is 1. The molecule has 1 aliphatic rings. The SMILES string of the molecule is Cc1cc2nc(N(CCN3CCOCC3)C(=O)/C=C/c3cccc([N+](=O)[O-])c3)sc2cc1C. The van der Waals surface area contributed by atoms with Crippen LogP contribution in [-0.2, 0) is 9.53 Å². The van der Waals surface area contributed by atoms with Gasteiger partial charge in [0.25, 0.3) is 11.6 Å². The number of carbonyl (C=O) groups is 1. The predicted molar refractivity (Wildman–Crippen MR) is 131 cm³/mol. The number of aromatic nitrogens is 1. The van der Waals surface area contributed by atoms with Crippen LogP contribution in [0.4, 0.5) is 10.8 Å². The first-order valence-electron chi connectivity index (χ1n) is 10.8.